The first kappa shape index (κ1) is 20.6. The lowest BCUT2D eigenvalue weighted by Crippen LogP contribution is -2.31. The van der Waals surface area contributed by atoms with E-state index in [0.29, 0.717) is 24.3 Å². The summed E-state index contributed by atoms with van der Waals surface area (Å²) in [4.78, 5) is 23.3. The fourth-order valence-electron chi connectivity index (χ4n) is 2.61. The van der Waals surface area contributed by atoms with Crippen LogP contribution in [0.5, 0.6) is 0 Å². The molecule has 0 aromatic heterocycles. The number of rotatable bonds is 7. The molecule has 2 rings (SSSR count). The van der Waals surface area contributed by atoms with Crippen molar-refractivity contribution in [1.82, 2.24) is 4.31 Å². The fourth-order valence-corrected chi connectivity index (χ4v) is 4.32. The van der Waals surface area contributed by atoms with Crippen LogP contribution in [0.1, 0.15) is 40.1 Å². The van der Waals surface area contributed by atoms with Crippen molar-refractivity contribution in [3.8, 4) is 0 Å². The SMILES string of the molecule is CCN(CC)S(=O)(=O)c1cc(C(=O)Nc2ccc(C(=O)[O-])cc2)ccc1C. The maximum absolute atomic E-state index is 12.8. The number of aromatic carboxylic acids is 1. The van der Waals surface area contributed by atoms with Gasteiger partial charge in [-0.2, -0.15) is 4.31 Å². The molecule has 1 N–H and O–H groups in total. The summed E-state index contributed by atoms with van der Waals surface area (Å²) in [6.07, 6.45) is 0. The summed E-state index contributed by atoms with van der Waals surface area (Å²) >= 11 is 0. The average molecular weight is 389 g/mol. The van der Waals surface area contributed by atoms with Crippen LogP contribution in [0.3, 0.4) is 0 Å². The number of carboxylic acid groups (broad SMARTS) is 1. The number of nitrogens with one attached hydrogen (secondary N) is 1. The molecule has 0 spiro atoms. The molecule has 0 fully saturated rings. The second kappa shape index (κ2) is 8.32. The Bertz CT molecular complexity index is 949. The van der Waals surface area contributed by atoms with Gasteiger partial charge in [0.05, 0.1) is 10.9 Å². The largest absolute Gasteiger partial charge is 0.545 e. The summed E-state index contributed by atoms with van der Waals surface area (Å²) in [5, 5.41) is 13.4. The average Bonchev–Trinajstić information content (AvgIpc) is 2.63. The number of aryl methyl sites for hydroxylation is 1. The number of hydrogen-bond acceptors (Lipinski definition) is 5. The van der Waals surface area contributed by atoms with Gasteiger partial charge >= 0.3 is 0 Å². The summed E-state index contributed by atoms with van der Waals surface area (Å²) in [5.41, 5.74) is 1.13. The van der Waals surface area contributed by atoms with Crippen molar-refractivity contribution in [2.75, 3.05) is 18.4 Å². The molecule has 2 aromatic carbocycles. The van der Waals surface area contributed by atoms with Crippen molar-refractivity contribution in [2.24, 2.45) is 0 Å². The highest BCUT2D eigenvalue weighted by atomic mass is 32.2. The number of carbonyl (C=O) groups is 2. The molecule has 0 heterocycles. The van der Waals surface area contributed by atoms with E-state index in [2.05, 4.69) is 5.32 Å². The maximum atomic E-state index is 12.8. The number of carboxylic acids is 1. The fraction of sp³-hybridized carbons (Fsp3) is 0.263. The van der Waals surface area contributed by atoms with Gasteiger partial charge in [0.1, 0.15) is 0 Å². The molecule has 144 valence electrons. The predicted molar refractivity (Wildman–Crippen MR) is 100 cm³/mol. The molecule has 0 aliphatic rings. The van der Waals surface area contributed by atoms with E-state index >= 15 is 0 Å². The van der Waals surface area contributed by atoms with Gasteiger partial charge in [-0.15, -0.1) is 0 Å². The van der Waals surface area contributed by atoms with Crippen molar-refractivity contribution in [1.29, 1.82) is 0 Å². The molecule has 7 nitrogen and oxygen atoms in total. The van der Waals surface area contributed by atoms with Crippen LogP contribution in [0.2, 0.25) is 0 Å². The van der Waals surface area contributed by atoms with Gasteiger partial charge in [0.2, 0.25) is 10.0 Å². The third-order valence-electron chi connectivity index (χ3n) is 4.15. The van der Waals surface area contributed by atoms with Crippen LogP contribution in [0.4, 0.5) is 5.69 Å². The minimum Gasteiger partial charge on any atom is -0.545 e. The molecule has 0 aliphatic carbocycles. The molecular weight excluding hydrogens is 368 g/mol. The summed E-state index contributed by atoms with van der Waals surface area (Å²) in [5.74, 6) is -1.80. The molecule has 8 heteroatoms. The van der Waals surface area contributed by atoms with Gasteiger partial charge < -0.3 is 15.2 Å². The Hall–Kier alpha value is -2.71. The Kier molecular flexibility index (Phi) is 6.35. The zero-order chi connectivity index (χ0) is 20.2. The zero-order valence-electron chi connectivity index (χ0n) is 15.4. The van der Waals surface area contributed by atoms with Gasteiger partial charge in [-0.1, -0.05) is 32.0 Å². The van der Waals surface area contributed by atoms with E-state index in [1.807, 2.05) is 0 Å². The van der Waals surface area contributed by atoms with Gasteiger partial charge in [0.15, 0.2) is 0 Å². The Morgan fingerprint density at radius 2 is 1.56 bits per heavy atom. The molecule has 0 saturated heterocycles. The van der Waals surface area contributed by atoms with Crippen molar-refractivity contribution >= 4 is 27.6 Å². The Morgan fingerprint density at radius 1 is 1.00 bits per heavy atom. The number of amides is 1. The van der Waals surface area contributed by atoms with Gasteiger partial charge in [0.25, 0.3) is 5.91 Å². The van der Waals surface area contributed by atoms with Crippen molar-refractivity contribution < 1.29 is 23.1 Å². The van der Waals surface area contributed by atoms with Crippen LogP contribution in [0.25, 0.3) is 0 Å². The van der Waals surface area contributed by atoms with E-state index in [4.69, 9.17) is 0 Å². The van der Waals surface area contributed by atoms with E-state index in [-0.39, 0.29) is 16.0 Å². The smallest absolute Gasteiger partial charge is 0.255 e. The van der Waals surface area contributed by atoms with Crippen molar-refractivity contribution in [2.45, 2.75) is 25.7 Å². The molecule has 0 saturated carbocycles. The standard InChI is InChI=1S/C19H22N2O5S/c1-4-21(5-2)27(25,26)17-12-15(7-6-13(17)3)18(22)20-16-10-8-14(9-11-16)19(23)24/h6-12H,4-5H2,1-3H3,(H,20,22)(H,23,24)/p-1. The predicted octanol–water partition coefficient (Wildman–Crippen LogP) is 1.64. The van der Waals surface area contributed by atoms with Gasteiger partial charge in [-0.05, 0) is 42.3 Å². The third kappa shape index (κ3) is 4.53. The number of sulfonamides is 1. The topological polar surface area (TPSA) is 107 Å². The summed E-state index contributed by atoms with van der Waals surface area (Å²) in [6, 6.07) is 9.99. The minimum atomic E-state index is -3.69. The van der Waals surface area contributed by atoms with E-state index in [1.165, 1.54) is 34.6 Å². The van der Waals surface area contributed by atoms with Gasteiger partial charge in [-0.25, -0.2) is 8.42 Å². The number of nitrogens with zero attached hydrogens (tertiary/aromatic N) is 1. The first-order chi connectivity index (χ1) is 12.7. The molecule has 27 heavy (non-hydrogen) atoms. The summed E-state index contributed by atoms with van der Waals surface area (Å²) < 4.78 is 26.9. The normalized spacial score (nSPS) is 11.4. The molecule has 1 amide bonds. The van der Waals surface area contributed by atoms with Crippen molar-refractivity contribution in [3.05, 3.63) is 59.2 Å². The van der Waals surface area contributed by atoms with Crippen LogP contribution < -0.4 is 10.4 Å². The first-order valence-electron chi connectivity index (χ1n) is 8.44. The van der Waals surface area contributed by atoms with Crippen LogP contribution >= 0.6 is 0 Å². The van der Waals surface area contributed by atoms with Crippen LogP contribution in [0.15, 0.2) is 47.4 Å². The zero-order valence-corrected chi connectivity index (χ0v) is 16.2. The Labute approximate surface area is 158 Å². The lowest BCUT2D eigenvalue weighted by Gasteiger charge is -2.20. The number of anilines is 1. The third-order valence-corrected chi connectivity index (χ3v) is 6.34. The van der Waals surface area contributed by atoms with E-state index in [0.717, 1.165) is 0 Å². The quantitative estimate of drug-likeness (QED) is 0.775. The molecule has 0 radical (unpaired) electrons. The van der Waals surface area contributed by atoms with Crippen LogP contribution in [-0.4, -0.2) is 37.7 Å². The van der Waals surface area contributed by atoms with Gasteiger partial charge in [0, 0.05) is 24.3 Å². The minimum absolute atomic E-state index is 0.00376. The Morgan fingerprint density at radius 3 is 2.07 bits per heavy atom. The molecule has 0 aliphatic heterocycles. The highest BCUT2D eigenvalue weighted by molar-refractivity contribution is 7.89. The molecule has 0 bridgehead atoms. The number of hydrogen-bond donors (Lipinski definition) is 1. The van der Waals surface area contributed by atoms with Crippen molar-refractivity contribution in [3.63, 3.8) is 0 Å². The summed E-state index contributed by atoms with van der Waals surface area (Å²) in [7, 11) is -3.69. The molecule has 0 unspecified atom stereocenters. The molecular formula is C19H21N2O5S-. The van der Waals surface area contributed by atoms with E-state index in [9.17, 15) is 23.1 Å². The number of benzene rings is 2. The molecule has 0 atom stereocenters. The monoisotopic (exact) mass is 389 g/mol. The number of carbonyl (C=O) groups excluding carboxylic acids is 2. The van der Waals surface area contributed by atoms with E-state index in [1.54, 1.807) is 32.9 Å². The van der Waals surface area contributed by atoms with Gasteiger partial charge in [-0.3, -0.25) is 4.79 Å². The first-order valence-corrected chi connectivity index (χ1v) is 9.88. The van der Waals surface area contributed by atoms with E-state index < -0.39 is 21.9 Å². The highest BCUT2D eigenvalue weighted by Crippen LogP contribution is 2.22. The lowest BCUT2D eigenvalue weighted by atomic mass is 10.1. The summed E-state index contributed by atoms with van der Waals surface area (Å²) in [6.45, 7) is 5.85. The lowest BCUT2D eigenvalue weighted by molar-refractivity contribution is -0.255. The second-order valence-electron chi connectivity index (χ2n) is 5.89. The highest BCUT2D eigenvalue weighted by Gasteiger charge is 2.24. The maximum Gasteiger partial charge on any atom is 0.255 e. The second-order valence-corrected chi connectivity index (χ2v) is 7.79. The van der Waals surface area contributed by atoms with Crippen LogP contribution in [0, 0.1) is 6.92 Å². The Balaban J connectivity index is 2.31. The van der Waals surface area contributed by atoms with Crippen LogP contribution in [-0.2, 0) is 10.0 Å². The molecule has 2 aromatic rings.